The number of piperazine rings is 2. The molecule has 0 atom stereocenters. The minimum Gasteiger partial charge on any atom is -0.619 e. The van der Waals surface area contributed by atoms with Gasteiger partial charge in [-0.25, -0.2) is 33.7 Å². The lowest BCUT2D eigenvalue weighted by Crippen LogP contribution is -2.51. The molecular formula is C38H44N10O9. The Bertz CT molecular complexity index is 2080. The summed E-state index contributed by atoms with van der Waals surface area (Å²) >= 11 is 0. The molecule has 0 spiro atoms. The van der Waals surface area contributed by atoms with Crippen LogP contribution in [0.4, 0.5) is 19.2 Å². The highest BCUT2D eigenvalue weighted by molar-refractivity contribution is 5.78. The molecule has 2 aliphatic rings. The highest BCUT2D eigenvalue weighted by Crippen LogP contribution is 2.17. The van der Waals surface area contributed by atoms with Crippen molar-refractivity contribution in [2.24, 2.45) is 0 Å². The minimum atomic E-state index is -0.564. The Morgan fingerprint density at radius 3 is 1.67 bits per heavy atom. The maximum absolute atomic E-state index is 12.6. The van der Waals surface area contributed by atoms with E-state index in [1.165, 1.54) is 52.8 Å². The van der Waals surface area contributed by atoms with Crippen LogP contribution in [-0.4, -0.2) is 124 Å². The van der Waals surface area contributed by atoms with Gasteiger partial charge >= 0.3 is 24.3 Å². The van der Waals surface area contributed by atoms with Crippen molar-refractivity contribution < 1.29 is 42.8 Å². The van der Waals surface area contributed by atoms with Crippen LogP contribution in [0.1, 0.15) is 13.8 Å². The number of pyridine rings is 2. The minimum absolute atomic E-state index is 0.186. The Balaban J connectivity index is 0.000000175. The van der Waals surface area contributed by atoms with Crippen molar-refractivity contribution in [3.05, 3.63) is 115 Å². The molecule has 1 N–H and O–H groups in total. The van der Waals surface area contributed by atoms with Crippen LogP contribution in [0.5, 0.6) is 5.75 Å². The molecular weight excluding hydrogens is 740 g/mol. The summed E-state index contributed by atoms with van der Waals surface area (Å²) in [6.07, 6.45) is 10.3. The summed E-state index contributed by atoms with van der Waals surface area (Å²) < 4.78 is 19.0. The van der Waals surface area contributed by atoms with Gasteiger partial charge in [0.1, 0.15) is 18.4 Å². The molecule has 0 radical (unpaired) electrons. The molecule has 0 unspecified atom stereocenters. The number of aromatic nitrogens is 6. The summed E-state index contributed by atoms with van der Waals surface area (Å²) in [5, 5.41) is 25.7. The second kappa shape index (κ2) is 20.6. The molecule has 19 nitrogen and oxygen atoms in total. The van der Waals surface area contributed by atoms with Gasteiger partial charge in [-0.1, -0.05) is 18.2 Å². The van der Waals surface area contributed by atoms with E-state index in [0.717, 1.165) is 26.2 Å². The zero-order valence-corrected chi connectivity index (χ0v) is 31.6. The quantitative estimate of drug-likeness (QED) is 0.201. The van der Waals surface area contributed by atoms with Crippen LogP contribution in [-0.2, 0) is 9.47 Å². The van der Waals surface area contributed by atoms with E-state index in [1.807, 2.05) is 13.0 Å². The van der Waals surface area contributed by atoms with E-state index in [-0.39, 0.29) is 18.2 Å². The highest BCUT2D eigenvalue weighted by atomic mass is 16.6. The number of hydrogen-bond acceptors (Lipinski definition) is 12. The molecule has 2 aliphatic heterocycles. The number of para-hydroxylation sites is 1. The predicted molar refractivity (Wildman–Crippen MR) is 204 cm³/mol. The van der Waals surface area contributed by atoms with Crippen LogP contribution in [0.25, 0.3) is 22.5 Å². The number of imidazole rings is 2. The van der Waals surface area contributed by atoms with Crippen molar-refractivity contribution in [2.45, 2.75) is 13.8 Å². The lowest BCUT2D eigenvalue weighted by molar-refractivity contribution is -0.605. The lowest BCUT2D eigenvalue weighted by Gasteiger charge is -2.33. The van der Waals surface area contributed by atoms with E-state index in [1.54, 1.807) is 76.4 Å². The summed E-state index contributed by atoms with van der Waals surface area (Å²) in [5.74, 6) is 0.454. The maximum atomic E-state index is 12.6. The van der Waals surface area contributed by atoms with Gasteiger partial charge in [-0.3, -0.25) is 4.57 Å². The van der Waals surface area contributed by atoms with Crippen molar-refractivity contribution in [3.63, 3.8) is 0 Å². The molecule has 2 saturated heterocycles. The molecule has 4 aromatic heterocycles. The molecule has 0 bridgehead atoms. The number of carbonyl (C=O) groups is 4. The van der Waals surface area contributed by atoms with E-state index >= 15 is 0 Å². The fourth-order valence-electron chi connectivity index (χ4n) is 5.52. The molecule has 5 aromatic rings. The molecule has 2 fully saturated rings. The highest BCUT2D eigenvalue weighted by Gasteiger charge is 2.26. The first kappa shape index (κ1) is 41.1. The number of nitrogens with one attached hydrogen (secondary N) is 1. The van der Waals surface area contributed by atoms with Gasteiger partial charge in [0.25, 0.3) is 0 Å². The van der Waals surface area contributed by atoms with Crippen LogP contribution >= 0.6 is 0 Å². The average Bonchev–Trinajstić information content (AvgIpc) is 3.94. The molecule has 57 heavy (non-hydrogen) atoms. The van der Waals surface area contributed by atoms with E-state index in [4.69, 9.17) is 14.2 Å². The second-order valence-corrected chi connectivity index (χ2v) is 12.3. The van der Waals surface area contributed by atoms with Gasteiger partial charge in [-0.15, -0.1) is 0 Å². The van der Waals surface area contributed by atoms with Gasteiger partial charge in [0.2, 0.25) is 0 Å². The largest absolute Gasteiger partial charge is 0.619 e. The summed E-state index contributed by atoms with van der Waals surface area (Å²) in [6, 6.07) is 15.3. The lowest BCUT2D eigenvalue weighted by atomic mass is 10.2. The number of rotatable bonds is 5. The normalized spacial score (nSPS) is 13.6. The van der Waals surface area contributed by atoms with Gasteiger partial charge in [0, 0.05) is 76.9 Å². The Hall–Kier alpha value is -7.02. The van der Waals surface area contributed by atoms with Crippen molar-refractivity contribution in [1.29, 1.82) is 0 Å². The monoisotopic (exact) mass is 784 g/mol. The molecule has 0 aliphatic carbocycles. The Morgan fingerprint density at radius 1 is 0.649 bits per heavy atom. The van der Waals surface area contributed by atoms with Crippen LogP contribution < -0.4 is 19.5 Å². The van der Waals surface area contributed by atoms with E-state index < -0.39 is 6.09 Å². The fraction of sp³-hybridized carbons (Fsp3) is 0.316. The summed E-state index contributed by atoms with van der Waals surface area (Å²) in [4.78, 5) is 60.5. The van der Waals surface area contributed by atoms with E-state index in [0.29, 0.717) is 77.1 Å². The van der Waals surface area contributed by atoms with Crippen molar-refractivity contribution in [3.8, 4) is 28.3 Å². The van der Waals surface area contributed by atoms with Crippen molar-refractivity contribution in [2.75, 3.05) is 65.6 Å². The molecule has 7 rings (SSSR count). The van der Waals surface area contributed by atoms with Crippen molar-refractivity contribution in [1.82, 2.24) is 39.1 Å². The summed E-state index contributed by atoms with van der Waals surface area (Å²) in [6.45, 7) is 9.36. The second-order valence-electron chi connectivity index (χ2n) is 12.3. The van der Waals surface area contributed by atoms with E-state index in [2.05, 4.69) is 15.3 Å². The molecule has 6 heterocycles. The SMILES string of the molecule is CCOC(=O)N1CCN(C(=O)n2cnc(-c3ccc[n+]([O-])c3)c2)CC1.CCOC(=O)N1CCNCC1.O=C(Oc1ccccc1)n1cnc(-c2ccc[n+]([O-])c2)c1. The Labute approximate surface area is 328 Å². The van der Waals surface area contributed by atoms with Crippen LogP contribution in [0.15, 0.2) is 104 Å². The molecule has 0 saturated carbocycles. The maximum Gasteiger partial charge on any atom is 0.424 e. The van der Waals surface area contributed by atoms with Crippen LogP contribution in [0.3, 0.4) is 0 Å². The van der Waals surface area contributed by atoms with Gasteiger partial charge in [-0.05, 0) is 38.1 Å². The first-order valence-corrected chi connectivity index (χ1v) is 18.2. The standard InChI is InChI=1S/C16H19N5O4.C15H11N3O3.C7H14N2O2/c1-2-25-16(23)19-8-6-18(7-9-19)15(22)20-11-14(17-12-20)13-4-3-5-21(24)10-13;19-15(21-13-6-2-1-3-7-13)17-10-14(16-11-17)12-5-4-8-18(20)9-12;1-2-11-7(10)9-5-3-8-4-6-9/h3-5,10-12H,2,6-9H2,1H3;1-11H;8H,2-6H2,1H3. The third kappa shape index (κ3) is 12.0. The first-order chi connectivity index (χ1) is 27.6. The predicted octanol–water partition coefficient (Wildman–Crippen LogP) is 3.20. The third-order valence-electron chi connectivity index (χ3n) is 8.41. The number of ether oxygens (including phenoxy) is 3. The van der Waals surface area contributed by atoms with Gasteiger partial charge in [0.15, 0.2) is 24.8 Å². The number of benzene rings is 1. The first-order valence-electron chi connectivity index (χ1n) is 18.2. The number of nitrogens with zero attached hydrogens (tertiary/aromatic N) is 9. The number of carbonyl (C=O) groups excluding carboxylic acids is 4. The smallest absolute Gasteiger partial charge is 0.424 e. The number of hydrogen-bond donors (Lipinski definition) is 1. The van der Waals surface area contributed by atoms with E-state index in [9.17, 15) is 29.6 Å². The van der Waals surface area contributed by atoms with Crippen LogP contribution in [0, 0.1) is 10.4 Å². The zero-order valence-electron chi connectivity index (χ0n) is 31.6. The van der Waals surface area contributed by atoms with Gasteiger partial charge in [-0.2, -0.15) is 9.46 Å². The summed E-state index contributed by atoms with van der Waals surface area (Å²) in [7, 11) is 0. The number of amides is 3. The summed E-state index contributed by atoms with van der Waals surface area (Å²) in [5.41, 5.74) is 2.32. The van der Waals surface area contributed by atoms with Crippen LogP contribution in [0.2, 0.25) is 0 Å². The molecule has 1 aromatic carbocycles. The van der Waals surface area contributed by atoms with Gasteiger partial charge in [0.05, 0.1) is 35.7 Å². The topological polar surface area (TPSA) is 207 Å². The Kier molecular flexibility index (Phi) is 14.9. The zero-order chi connectivity index (χ0) is 40.6. The fourth-order valence-corrected chi connectivity index (χ4v) is 5.52. The molecule has 19 heteroatoms. The third-order valence-corrected chi connectivity index (χ3v) is 8.41. The molecule has 3 amide bonds. The molecule has 300 valence electrons. The van der Waals surface area contributed by atoms with Gasteiger partial charge < -0.3 is 44.6 Å². The average molecular weight is 785 g/mol. The Morgan fingerprint density at radius 2 is 1.14 bits per heavy atom. The van der Waals surface area contributed by atoms with Crippen molar-refractivity contribution >= 4 is 24.3 Å².